The van der Waals surface area contributed by atoms with Gasteiger partial charge in [0.05, 0.1) is 0 Å². The van der Waals surface area contributed by atoms with E-state index in [0.717, 1.165) is 0 Å². The van der Waals surface area contributed by atoms with E-state index >= 15 is 0 Å². The predicted octanol–water partition coefficient (Wildman–Crippen LogP) is -1.56. The standard InChI is InChI=1S/C8H9NO4/c1-5-8(13)6(10)2-3-9(5)4-7(11)12/h2-3H,4H2,1H3,(H2,11,12,13). The fourth-order valence-corrected chi connectivity index (χ4v) is 0.983. The van der Waals surface area contributed by atoms with Crippen LogP contribution in [0.5, 0.6) is 11.5 Å². The third-order valence-electron chi connectivity index (χ3n) is 1.73. The SMILES string of the molecule is Cc1c(O)c(O)cc[n+]1CC(=O)[O-]. The van der Waals surface area contributed by atoms with Crippen molar-refractivity contribution in [2.24, 2.45) is 0 Å². The number of nitrogens with zero attached hydrogens (tertiary/aromatic N) is 1. The average Bonchev–Trinajstić information content (AvgIpc) is 2.06. The Labute approximate surface area is 74.5 Å². The Bertz CT molecular complexity index is 348. The highest BCUT2D eigenvalue weighted by Crippen LogP contribution is 2.24. The second-order valence-electron chi connectivity index (χ2n) is 2.63. The van der Waals surface area contributed by atoms with Crippen LogP contribution in [0, 0.1) is 6.92 Å². The molecule has 0 saturated carbocycles. The van der Waals surface area contributed by atoms with Gasteiger partial charge >= 0.3 is 0 Å². The van der Waals surface area contributed by atoms with Crippen LogP contribution < -0.4 is 9.67 Å². The van der Waals surface area contributed by atoms with Gasteiger partial charge in [0.2, 0.25) is 11.4 Å². The van der Waals surface area contributed by atoms with E-state index in [1.54, 1.807) is 0 Å². The first-order chi connectivity index (χ1) is 6.02. The van der Waals surface area contributed by atoms with Gasteiger partial charge in [0, 0.05) is 13.0 Å². The molecule has 0 fully saturated rings. The van der Waals surface area contributed by atoms with E-state index in [1.165, 1.54) is 23.8 Å². The quantitative estimate of drug-likeness (QED) is 0.543. The first-order valence-electron chi connectivity index (χ1n) is 3.63. The molecule has 1 aromatic heterocycles. The lowest BCUT2D eigenvalue weighted by molar-refractivity contribution is -0.697. The lowest BCUT2D eigenvalue weighted by atomic mass is 10.3. The van der Waals surface area contributed by atoms with Crippen LogP contribution in [-0.4, -0.2) is 16.2 Å². The summed E-state index contributed by atoms with van der Waals surface area (Å²) >= 11 is 0. The summed E-state index contributed by atoms with van der Waals surface area (Å²) in [5.41, 5.74) is 0.282. The maximum Gasteiger partial charge on any atom is 0.226 e. The molecule has 2 N–H and O–H groups in total. The molecule has 0 bridgehead atoms. The summed E-state index contributed by atoms with van der Waals surface area (Å²) in [5.74, 6) is -1.84. The van der Waals surface area contributed by atoms with E-state index in [2.05, 4.69) is 0 Å². The molecule has 70 valence electrons. The number of hydrogen-bond acceptors (Lipinski definition) is 4. The van der Waals surface area contributed by atoms with Crippen LogP contribution in [0.2, 0.25) is 0 Å². The second kappa shape index (κ2) is 3.30. The normalized spacial score (nSPS) is 9.92. The highest BCUT2D eigenvalue weighted by molar-refractivity contribution is 5.62. The number of hydrogen-bond donors (Lipinski definition) is 2. The summed E-state index contributed by atoms with van der Waals surface area (Å²) in [6, 6.07) is 1.21. The van der Waals surface area contributed by atoms with E-state index in [4.69, 9.17) is 5.11 Å². The number of rotatable bonds is 2. The molecule has 1 heterocycles. The van der Waals surface area contributed by atoms with Crippen molar-refractivity contribution in [1.29, 1.82) is 0 Å². The van der Waals surface area contributed by atoms with Crippen molar-refractivity contribution in [1.82, 2.24) is 0 Å². The van der Waals surface area contributed by atoms with Gasteiger partial charge in [-0.15, -0.1) is 0 Å². The molecule has 0 aliphatic carbocycles. The van der Waals surface area contributed by atoms with Gasteiger partial charge < -0.3 is 20.1 Å². The van der Waals surface area contributed by atoms with Gasteiger partial charge in [-0.3, -0.25) is 0 Å². The van der Waals surface area contributed by atoms with Crippen LogP contribution in [0.1, 0.15) is 5.69 Å². The average molecular weight is 183 g/mol. The van der Waals surface area contributed by atoms with Gasteiger partial charge in [0.15, 0.2) is 18.5 Å². The molecule has 0 aliphatic rings. The molecule has 1 aromatic rings. The Morgan fingerprint density at radius 2 is 2.23 bits per heavy atom. The van der Waals surface area contributed by atoms with Crippen LogP contribution in [0.25, 0.3) is 0 Å². The van der Waals surface area contributed by atoms with Crippen molar-refractivity contribution in [3.63, 3.8) is 0 Å². The molecule has 0 aromatic carbocycles. The molecule has 0 aliphatic heterocycles. The van der Waals surface area contributed by atoms with Gasteiger partial charge in [0.1, 0.15) is 5.97 Å². The maximum atomic E-state index is 10.2. The van der Waals surface area contributed by atoms with Gasteiger partial charge in [-0.2, -0.15) is 4.57 Å². The fourth-order valence-electron chi connectivity index (χ4n) is 0.983. The summed E-state index contributed by atoms with van der Waals surface area (Å²) in [7, 11) is 0. The number of carboxylic acids is 1. The number of aliphatic carboxylic acids is 1. The van der Waals surface area contributed by atoms with Crippen molar-refractivity contribution >= 4 is 5.97 Å². The zero-order chi connectivity index (χ0) is 10.0. The molecular weight excluding hydrogens is 174 g/mol. The van der Waals surface area contributed by atoms with Gasteiger partial charge in [0.25, 0.3) is 0 Å². The summed E-state index contributed by atoms with van der Waals surface area (Å²) in [6.07, 6.45) is 1.36. The monoisotopic (exact) mass is 183 g/mol. The van der Waals surface area contributed by atoms with Crippen LogP contribution in [-0.2, 0) is 11.3 Å². The Kier molecular flexibility index (Phi) is 2.36. The highest BCUT2D eigenvalue weighted by atomic mass is 16.4. The Hall–Kier alpha value is -1.78. The minimum Gasteiger partial charge on any atom is -0.544 e. The third-order valence-corrected chi connectivity index (χ3v) is 1.73. The van der Waals surface area contributed by atoms with E-state index in [9.17, 15) is 15.0 Å². The fraction of sp³-hybridized carbons (Fsp3) is 0.250. The summed E-state index contributed by atoms with van der Waals surface area (Å²) < 4.78 is 1.27. The largest absolute Gasteiger partial charge is 0.544 e. The first-order valence-corrected chi connectivity index (χ1v) is 3.63. The van der Waals surface area contributed by atoms with Gasteiger partial charge in [-0.1, -0.05) is 0 Å². The predicted molar refractivity (Wildman–Crippen MR) is 39.7 cm³/mol. The molecule has 0 radical (unpaired) electrons. The smallest absolute Gasteiger partial charge is 0.226 e. The zero-order valence-electron chi connectivity index (χ0n) is 7.02. The molecule has 5 heteroatoms. The number of carboxylic acid groups (broad SMARTS) is 1. The van der Waals surface area contributed by atoms with Crippen molar-refractivity contribution in [3.05, 3.63) is 18.0 Å². The second-order valence-corrected chi connectivity index (χ2v) is 2.63. The van der Waals surface area contributed by atoms with E-state index < -0.39 is 5.97 Å². The number of pyridine rings is 1. The lowest BCUT2D eigenvalue weighted by Gasteiger charge is -2.03. The van der Waals surface area contributed by atoms with Gasteiger partial charge in [-0.05, 0) is 0 Å². The minimum atomic E-state index is -1.25. The molecule has 1 rings (SSSR count). The number of carbonyl (C=O) groups is 1. The third kappa shape index (κ3) is 1.87. The molecule has 0 amide bonds. The Balaban J connectivity index is 3.10. The van der Waals surface area contributed by atoms with Crippen LogP contribution in [0.3, 0.4) is 0 Å². The molecule has 0 saturated heterocycles. The molecular formula is C8H9NO4. The van der Waals surface area contributed by atoms with Crippen molar-refractivity contribution < 1.29 is 24.7 Å². The highest BCUT2D eigenvalue weighted by Gasteiger charge is 2.14. The number of aromatic nitrogens is 1. The molecule has 5 nitrogen and oxygen atoms in total. The summed E-state index contributed by atoms with van der Waals surface area (Å²) in [4.78, 5) is 10.2. The number of carbonyl (C=O) groups excluding carboxylic acids is 1. The summed E-state index contributed by atoms with van der Waals surface area (Å²) in [5, 5.41) is 28.5. The molecule has 0 unspecified atom stereocenters. The van der Waals surface area contributed by atoms with Crippen molar-refractivity contribution in [3.8, 4) is 11.5 Å². The number of aromatic hydroxyl groups is 2. The van der Waals surface area contributed by atoms with Crippen molar-refractivity contribution in [2.45, 2.75) is 13.5 Å². The van der Waals surface area contributed by atoms with E-state index in [0.29, 0.717) is 0 Å². The van der Waals surface area contributed by atoms with Crippen molar-refractivity contribution in [2.75, 3.05) is 0 Å². The Morgan fingerprint density at radius 1 is 1.62 bits per heavy atom. The molecule has 0 spiro atoms. The lowest BCUT2D eigenvalue weighted by Crippen LogP contribution is -2.45. The van der Waals surface area contributed by atoms with Crippen LogP contribution >= 0.6 is 0 Å². The molecule has 0 atom stereocenters. The van der Waals surface area contributed by atoms with E-state index in [1.807, 2.05) is 0 Å². The van der Waals surface area contributed by atoms with Crippen LogP contribution in [0.15, 0.2) is 12.3 Å². The summed E-state index contributed by atoms with van der Waals surface area (Å²) in [6.45, 7) is 1.15. The van der Waals surface area contributed by atoms with Gasteiger partial charge in [-0.25, -0.2) is 0 Å². The minimum absolute atomic E-state index is 0.271. The Morgan fingerprint density at radius 3 is 2.77 bits per heavy atom. The zero-order valence-corrected chi connectivity index (χ0v) is 7.02. The maximum absolute atomic E-state index is 10.2. The molecule has 13 heavy (non-hydrogen) atoms. The van der Waals surface area contributed by atoms with Crippen LogP contribution in [0.4, 0.5) is 0 Å². The first kappa shape index (κ1) is 9.31. The van der Waals surface area contributed by atoms with E-state index in [-0.39, 0.29) is 23.7 Å². The topological polar surface area (TPSA) is 84.5 Å².